The summed E-state index contributed by atoms with van der Waals surface area (Å²) >= 11 is 3.43. The predicted octanol–water partition coefficient (Wildman–Crippen LogP) is 2.25. The minimum absolute atomic E-state index is 0.681. The molecular weight excluding hydrogens is 244 g/mol. The van der Waals surface area contributed by atoms with E-state index in [1.807, 2.05) is 19.9 Å². The maximum absolute atomic E-state index is 4.35. The van der Waals surface area contributed by atoms with Gasteiger partial charge < -0.3 is 0 Å². The Morgan fingerprint density at radius 2 is 1.86 bits per heavy atom. The van der Waals surface area contributed by atoms with E-state index in [0.29, 0.717) is 5.82 Å². The van der Waals surface area contributed by atoms with Crippen LogP contribution in [0.1, 0.15) is 11.4 Å². The average molecular weight is 253 g/mol. The Morgan fingerprint density at radius 1 is 1.21 bits per heavy atom. The van der Waals surface area contributed by atoms with E-state index >= 15 is 0 Å². The monoisotopic (exact) mass is 252 g/mol. The van der Waals surface area contributed by atoms with Crippen molar-refractivity contribution in [1.29, 1.82) is 0 Å². The molecule has 2 aromatic heterocycles. The minimum Gasteiger partial charge on any atom is -0.275 e. The first-order valence-corrected chi connectivity index (χ1v) is 4.98. The van der Waals surface area contributed by atoms with Crippen LogP contribution < -0.4 is 0 Å². The van der Waals surface area contributed by atoms with Gasteiger partial charge in [0.25, 0.3) is 0 Å². The Kier molecular flexibility index (Phi) is 2.33. The van der Waals surface area contributed by atoms with Crippen molar-refractivity contribution in [3.05, 3.63) is 28.1 Å². The van der Waals surface area contributed by atoms with Crippen molar-refractivity contribution in [3.8, 4) is 11.5 Å². The molecule has 0 amide bonds. The molecule has 2 aromatic rings. The maximum Gasteiger partial charge on any atom is 0.178 e. The molecule has 0 aliphatic carbocycles. The van der Waals surface area contributed by atoms with Crippen LogP contribution in [0.5, 0.6) is 0 Å². The molecule has 2 rings (SSSR count). The van der Waals surface area contributed by atoms with Crippen molar-refractivity contribution >= 4 is 15.9 Å². The number of rotatable bonds is 1. The van der Waals surface area contributed by atoms with Gasteiger partial charge in [0, 0.05) is 6.20 Å². The molecular formula is C9H9BrN4. The van der Waals surface area contributed by atoms with Gasteiger partial charge in [-0.1, -0.05) is 0 Å². The third-order valence-corrected chi connectivity index (χ3v) is 3.07. The first-order chi connectivity index (χ1) is 6.68. The predicted molar refractivity (Wildman–Crippen MR) is 56.8 cm³/mol. The van der Waals surface area contributed by atoms with Crippen LogP contribution in [-0.2, 0) is 0 Å². The summed E-state index contributed by atoms with van der Waals surface area (Å²) in [6.07, 6.45) is 1.69. The summed E-state index contributed by atoms with van der Waals surface area (Å²) in [5, 5.41) is 6.70. The fraction of sp³-hybridized carbons (Fsp3) is 0.222. The largest absolute Gasteiger partial charge is 0.275 e. The molecule has 2 heterocycles. The Morgan fingerprint density at radius 3 is 2.36 bits per heavy atom. The Balaban J connectivity index is 2.57. The van der Waals surface area contributed by atoms with Crippen molar-refractivity contribution in [3.63, 3.8) is 0 Å². The van der Waals surface area contributed by atoms with E-state index in [2.05, 4.69) is 36.1 Å². The fourth-order valence-electron chi connectivity index (χ4n) is 1.20. The van der Waals surface area contributed by atoms with Gasteiger partial charge in [-0.2, -0.15) is 5.10 Å². The van der Waals surface area contributed by atoms with Crippen molar-refractivity contribution < 1.29 is 0 Å². The lowest BCUT2D eigenvalue weighted by molar-refractivity contribution is 1.01. The first kappa shape index (κ1) is 9.33. The summed E-state index contributed by atoms with van der Waals surface area (Å²) in [6.45, 7) is 3.89. The van der Waals surface area contributed by atoms with Crippen LogP contribution in [0.15, 0.2) is 16.7 Å². The van der Waals surface area contributed by atoms with Crippen LogP contribution in [0.25, 0.3) is 11.5 Å². The molecule has 0 saturated heterocycles. The molecule has 1 N–H and O–H groups in total. The Labute approximate surface area is 89.9 Å². The van der Waals surface area contributed by atoms with E-state index in [4.69, 9.17) is 0 Å². The number of aryl methyl sites for hydroxylation is 2. The van der Waals surface area contributed by atoms with Gasteiger partial charge in [-0.3, -0.25) is 5.10 Å². The second kappa shape index (κ2) is 3.49. The highest BCUT2D eigenvalue weighted by Gasteiger charge is 2.07. The summed E-state index contributed by atoms with van der Waals surface area (Å²) in [7, 11) is 0. The van der Waals surface area contributed by atoms with Crippen LogP contribution in [0.4, 0.5) is 0 Å². The number of hydrogen-bond donors (Lipinski definition) is 1. The standard InChI is InChI=1S/C9H9BrN4/c1-5-8(10)6(2)13-9(12-5)7-3-4-11-14-7/h3-4H,1-2H3,(H,11,14). The first-order valence-electron chi connectivity index (χ1n) is 4.19. The summed E-state index contributed by atoms with van der Waals surface area (Å²) in [5.41, 5.74) is 2.70. The molecule has 0 aliphatic heterocycles. The molecule has 0 aromatic carbocycles. The molecule has 0 unspecified atom stereocenters. The number of aromatic nitrogens is 4. The molecule has 0 atom stereocenters. The molecule has 0 saturated carbocycles. The van der Waals surface area contributed by atoms with Crippen LogP contribution in [-0.4, -0.2) is 20.2 Å². The lowest BCUT2D eigenvalue weighted by Crippen LogP contribution is -1.96. The Hall–Kier alpha value is -1.23. The van der Waals surface area contributed by atoms with Gasteiger partial charge in [0.15, 0.2) is 5.82 Å². The smallest absolute Gasteiger partial charge is 0.178 e. The molecule has 4 nitrogen and oxygen atoms in total. The average Bonchev–Trinajstić information content (AvgIpc) is 2.66. The van der Waals surface area contributed by atoms with Gasteiger partial charge in [0.1, 0.15) is 5.69 Å². The number of nitrogens with one attached hydrogen (secondary N) is 1. The van der Waals surface area contributed by atoms with E-state index in [0.717, 1.165) is 21.6 Å². The topological polar surface area (TPSA) is 54.5 Å². The quantitative estimate of drug-likeness (QED) is 0.847. The number of hydrogen-bond acceptors (Lipinski definition) is 3. The van der Waals surface area contributed by atoms with Crippen LogP contribution in [0, 0.1) is 13.8 Å². The molecule has 0 fully saturated rings. The zero-order valence-electron chi connectivity index (χ0n) is 7.87. The Bertz CT molecular complexity index is 427. The van der Waals surface area contributed by atoms with Gasteiger partial charge in [-0.25, -0.2) is 9.97 Å². The van der Waals surface area contributed by atoms with E-state index in [1.54, 1.807) is 6.20 Å². The van der Waals surface area contributed by atoms with Gasteiger partial charge >= 0.3 is 0 Å². The third kappa shape index (κ3) is 1.55. The van der Waals surface area contributed by atoms with Crippen molar-refractivity contribution in [2.75, 3.05) is 0 Å². The fourth-order valence-corrected chi connectivity index (χ4v) is 1.38. The van der Waals surface area contributed by atoms with Crippen LogP contribution in [0.2, 0.25) is 0 Å². The summed E-state index contributed by atoms with van der Waals surface area (Å²) in [6, 6.07) is 1.85. The lowest BCUT2D eigenvalue weighted by Gasteiger charge is -2.03. The van der Waals surface area contributed by atoms with E-state index in [1.165, 1.54) is 0 Å². The number of halogens is 1. The molecule has 5 heteroatoms. The number of nitrogens with zero attached hydrogens (tertiary/aromatic N) is 3. The minimum atomic E-state index is 0.681. The number of aromatic amines is 1. The lowest BCUT2D eigenvalue weighted by atomic mass is 10.3. The van der Waals surface area contributed by atoms with Gasteiger partial charge in [-0.05, 0) is 35.8 Å². The van der Waals surface area contributed by atoms with Crippen molar-refractivity contribution in [2.45, 2.75) is 13.8 Å². The third-order valence-electron chi connectivity index (χ3n) is 1.92. The maximum atomic E-state index is 4.35. The van der Waals surface area contributed by atoms with Crippen molar-refractivity contribution in [1.82, 2.24) is 20.2 Å². The van der Waals surface area contributed by atoms with E-state index < -0.39 is 0 Å². The highest BCUT2D eigenvalue weighted by atomic mass is 79.9. The van der Waals surface area contributed by atoms with Gasteiger partial charge in [0.2, 0.25) is 0 Å². The van der Waals surface area contributed by atoms with E-state index in [-0.39, 0.29) is 0 Å². The molecule has 72 valence electrons. The van der Waals surface area contributed by atoms with Crippen LogP contribution >= 0.6 is 15.9 Å². The molecule has 0 spiro atoms. The normalized spacial score (nSPS) is 10.5. The molecule has 0 aliphatic rings. The SMILES string of the molecule is Cc1nc(-c2ccn[nH]2)nc(C)c1Br. The van der Waals surface area contributed by atoms with Gasteiger partial charge in [-0.15, -0.1) is 0 Å². The summed E-state index contributed by atoms with van der Waals surface area (Å²) in [4.78, 5) is 8.69. The molecule has 0 radical (unpaired) electrons. The molecule has 14 heavy (non-hydrogen) atoms. The van der Waals surface area contributed by atoms with Gasteiger partial charge in [0.05, 0.1) is 15.9 Å². The second-order valence-electron chi connectivity index (χ2n) is 3.00. The highest BCUT2D eigenvalue weighted by Crippen LogP contribution is 2.20. The van der Waals surface area contributed by atoms with Crippen molar-refractivity contribution in [2.24, 2.45) is 0 Å². The van der Waals surface area contributed by atoms with E-state index in [9.17, 15) is 0 Å². The summed E-state index contributed by atoms with van der Waals surface area (Å²) in [5.74, 6) is 0.681. The zero-order chi connectivity index (χ0) is 10.1. The highest BCUT2D eigenvalue weighted by molar-refractivity contribution is 9.10. The number of H-pyrrole nitrogens is 1. The second-order valence-corrected chi connectivity index (χ2v) is 3.80. The zero-order valence-corrected chi connectivity index (χ0v) is 9.46. The molecule has 0 bridgehead atoms. The summed E-state index contributed by atoms with van der Waals surface area (Å²) < 4.78 is 0.959. The van der Waals surface area contributed by atoms with Crippen LogP contribution in [0.3, 0.4) is 0 Å².